The molecule has 3 heterocycles. The number of nitrogens with zero attached hydrogens (tertiary/aromatic N) is 5. The van der Waals surface area contributed by atoms with E-state index in [1.165, 1.54) is 5.56 Å². The van der Waals surface area contributed by atoms with Crippen LogP contribution in [0.3, 0.4) is 0 Å². The second-order valence-corrected chi connectivity index (χ2v) is 8.41. The van der Waals surface area contributed by atoms with Gasteiger partial charge in [-0.1, -0.05) is 26.0 Å². The third kappa shape index (κ3) is 4.54. The number of carbonyl (C=O) groups is 2. The van der Waals surface area contributed by atoms with E-state index in [2.05, 4.69) is 34.0 Å². The Labute approximate surface area is 187 Å². The maximum atomic E-state index is 13.3. The van der Waals surface area contributed by atoms with Gasteiger partial charge in [0.25, 0.3) is 11.8 Å². The lowest BCUT2D eigenvalue weighted by Crippen LogP contribution is -2.40. The number of hydrogen-bond acceptors (Lipinski definition) is 5. The molecule has 32 heavy (non-hydrogen) atoms. The normalized spacial score (nSPS) is 16.8. The fraction of sp³-hybridized carbons (Fsp3) is 0.375. The van der Waals surface area contributed by atoms with E-state index in [0.29, 0.717) is 54.7 Å². The number of nitrogens with one attached hydrogen (secondary N) is 1. The first-order chi connectivity index (χ1) is 15.4. The van der Waals surface area contributed by atoms with Crippen LogP contribution in [-0.2, 0) is 0 Å². The molecule has 0 saturated carbocycles. The molecular weight excluding hydrogens is 404 g/mol. The van der Waals surface area contributed by atoms with Gasteiger partial charge in [-0.25, -0.2) is 4.98 Å². The number of carbonyl (C=O) groups excluding carboxylic acids is 2. The molecule has 1 fully saturated rings. The molecule has 0 radical (unpaired) electrons. The number of H-pyrrole nitrogens is 1. The van der Waals surface area contributed by atoms with Gasteiger partial charge in [-0.3, -0.25) is 19.7 Å². The zero-order valence-electron chi connectivity index (χ0n) is 18.7. The van der Waals surface area contributed by atoms with Crippen molar-refractivity contribution in [1.82, 2.24) is 30.0 Å². The predicted octanol–water partition coefficient (Wildman–Crippen LogP) is 3.36. The Balaban J connectivity index is 1.62. The molecule has 1 aromatic carbocycles. The molecule has 2 amide bonds. The van der Waals surface area contributed by atoms with Crippen LogP contribution in [0.25, 0.3) is 0 Å². The van der Waals surface area contributed by atoms with E-state index in [0.717, 1.165) is 0 Å². The predicted molar refractivity (Wildman–Crippen MR) is 120 cm³/mol. The molecule has 4 rings (SSSR count). The van der Waals surface area contributed by atoms with Crippen LogP contribution in [0.2, 0.25) is 0 Å². The first-order valence-electron chi connectivity index (χ1n) is 10.9. The Morgan fingerprint density at radius 3 is 2.31 bits per heavy atom. The van der Waals surface area contributed by atoms with Crippen molar-refractivity contribution in [3.63, 3.8) is 0 Å². The molecule has 1 unspecified atom stereocenters. The molecule has 1 aliphatic heterocycles. The fourth-order valence-electron chi connectivity index (χ4n) is 4.00. The van der Waals surface area contributed by atoms with E-state index in [4.69, 9.17) is 0 Å². The van der Waals surface area contributed by atoms with Crippen molar-refractivity contribution < 1.29 is 9.59 Å². The maximum absolute atomic E-state index is 13.3. The van der Waals surface area contributed by atoms with Gasteiger partial charge >= 0.3 is 0 Å². The van der Waals surface area contributed by atoms with E-state index >= 15 is 0 Å². The van der Waals surface area contributed by atoms with E-state index in [-0.39, 0.29) is 11.8 Å². The molecule has 0 spiro atoms. The number of aryl methyl sites for hydroxylation is 1. The van der Waals surface area contributed by atoms with Gasteiger partial charge in [-0.05, 0) is 49.1 Å². The molecule has 0 bridgehead atoms. The molecular formula is C24H28N6O2. The molecule has 8 nitrogen and oxygen atoms in total. The Morgan fingerprint density at radius 1 is 1.00 bits per heavy atom. The zero-order valence-corrected chi connectivity index (χ0v) is 18.7. The van der Waals surface area contributed by atoms with Crippen molar-refractivity contribution in [2.24, 2.45) is 0 Å². The maximum Gasteiger partial charge on any atom is 0.254 e. The topological polar surface area (TPSA) is 95.1 Å². The SMILES string of the molecule is Cc1nc(C2CN(C(=O)c3ccc(C(C)C)cc3)CCCN2C(=O)c2ccncc2)n[nH]1. The van der Waals surface area contributed by atoms with Crippen molar-refractivity contribution in [1.29, 1.82) is 0 Å². The highest BCUT2D eigenvalue weighted by Crippen LogP contribution is 2.26. The molecule has 3 aromatic rings. The number of benzene rings is 1. The minimum absolute atomic E-state index is 0.0456. The third-order valence-electron chi connectivity index (χ3n) is 5.81. The lowest BCUT2D eigenvalue weighted by Gasteiger charge is -2.30. The summed E-state index contributed by atoms with van der Waals surface area (Å²) in [4.78, 5) is 38.7. The van der Waals surface area contributed by atoms with Crippen LogP contribution in [0.15, 0.2) is 48.8 Å². The second-order valence-electron chi connectivity index (χ2n) is 8.41. The highest BCUT2D eigenvalue weighted by Gasteiger charge is 2.34. The standard InChI is InChI=1S/C24H28N6O2/c1-16(2)18-5-7-19(8-6-18)23(31)29-13-4-14-30(24(32)20-9-11-25-12-10-20)21(15-29)22-26-17(3)27-28-22/h5-12,16,21H,4,13-15H2,1-3H3,(H,26,27,28). The molecule has 1 N–H and O–H groups in total. The summed E-state index contributed by atoms with van der Waals surface area (Å²) in [6.07, 6.45) is 3.88. The molecule has 1 saturated heterocycles. The third-order valence-corrected chi connectivity index (χ3v) is 5.81. The highest BCUT2D eigenvalue weighted by atomic mass is 16.2. The summed E-state index contributed by atoms with van der Waals surface area (Å²) in [6, 6.07) is 10.7. The van der Waals surface area contributed by atoms with Crippen molar-refractivity contribution in [3.8, 4) is 0 Å². The van der Waals surface area contributed by atoms with Crippen molar-refractivity contribution >= 4 is 11.8 Å². The van der Waals surface area contributed by atoms with Crippen molar-refractivity contribution in [2.45, 2.75) is 39.2 Å². The number of hydrogen-bond donors (Lipinski definition) is 1. The Bertz CT molecular complexity index is 1080. The minimum atomic E-state index is -0.443. The van der Waals surface area contributed by atoms with Crippen LogP contribution in [0, 0.1) is 6.92 Å². The number of pyridine rings is 1. The summed E-state index contributed by atoms with van der Waals surface area (Å²) in [7, 11) is 0. The zero-order chi connectivity index (χ0) is 22.7. The van der Waals surface area contributed by atoms with Gasteiger partial charge in [0.1, 0.15) is 11.9 Å². The smallest absolute Gasteiger partial charge is 0.254 e. The van der Waals surface area contributed by atoms with Gasteiger partial charge in [0.2, 0.25) is 0 Å². The van der Waals surface area contributed by atoms with Crippen LogP contribution < -0.4 is 0 Å². The summed E-state index contributed by atoms with van der Waals surface area (Å²) < 4.78 is 0. The van der Waals surface area contributed by atoms with Crippen LogP contribution in [0.1, 0.15) is 70.2 Å². The van der Waals surface area contributed by atoms with Gasteiger partial charge in [-0.15, -0.1) is 0 Å². The van der Waals surface area contributed by atoms with E-state index in [1.807, 2.05) is 31.2 Å². The molecule has 1 aliphatic rings. The number of aromatic amines is 1. The van der Waals surface area contributed by atoms with E-state index < -0.39 is 6.04 Å². The van der Waals surface area contributed by atoms with E-state index in [1.54, 1.807) is 34.3 Å². The summed E-state index contributed by atoms with van der Waals surface area (Å²) in [6.45, 7) is 7.48. The summed E-state index contributed by atoms with van der Waals surface area (Å²) in [5.41, 5.74) is 2.40. The van der Waals surface area contributed by atoms with Gasteiger partial charge in [0.05, 0.1) is 0 Å². The number of amides is 2. The van der Waals surface area contributed by atoms with Crippen LogP contribution >= 0.6 is 0 Å². The number of aromatic nitrogens is 4. The average Bonchev–Trinajstić information content (AvgIpc) is 3.12. The van der Waals surface area contributed by atoms with E-state index in [9.17, 15) is 9.59 Å². The Morgan fingerprint density at radius 2 is 1.69 bits per heavy atom. The first kappa shape index (κ1) is 21.7. The summed E-state index contributed by atoms with van der Waals surface area (Å²) in [5, 5.41) is 7.19. The first-order valence-corrected chi connectivity index (χ1v) is 10.9. The second kappa shape index (κ2) is 9.30. The van der Waals surface area contributed by atoms with Crippen molar-refractivity contribution in [2.75, 3.05) is 19.6 Å². The number of rotatable bonds is 4. The lowest BCUT2D eigenvalue weighted by molar-refractivity contribution is 0.0622. The van der Waals surface area contributed by atoms with Gasteiger partial charge in [0.15, 0.2) is 5.82 Å². The monoisotopic (exact) mass is 432 g/mol. The molecule has 0 aliphatic carbocycles. The van der Waals surface area contributed by atoms with Crippen LogP contribution in [-0.4, -0.2) is 61.4 Å². The largest absolute Gasteiger partial charge is 0.336 e. The fourth-order valence-corrected chi connectivity index (χ4v) is 4.00. The van der Waals surface area contributed by atoms with Gasteiger partial charge < -0.3 is 9.80 Å². The van der Waals surface area contributed by atoms with Gasteiger partial charge in [0, 0.05) is 43.2 Å². The lowest BCUT2D eigenvalue weighted by atomic mass is 10.0. The van der Waals surface area contributed by atoms with Gasteiger partial charge in [-0.2, -0.15) is 5.10 Å². The summed E-state index contributed by atoms with van der Waals surface area (Å²) >= 11 is 0. The highest BCUT2D eigenvalue weighted by molar-refractivity contribution is 5.95. The summed E-state index contributed by atoms with van der Waals surface area (Å²) in [5.74, 6) is 1.43. The molecule has 2 aromatic heterocycles. The molecule has 166 valence electrons. The minimum Gasteiger partial charge on any atom is -0.336 e. The Hall–Kier alpha value is -3.55. The average molecular weight is 433 g/mol. The Kier molecular flexibility index (Phi) is 6.30. The van der Waals surface area contributed by atoms with Crippen LogP contribution in [0.5, 0.6) is 0 Å². The molecule has 1 atom stereocenters. The van der Waals surface area contributed by atoms with Crippen molar-refractivity contribution in [3.05, 3.63) is 77.1 Å². The quantitative estimate of drug-likeness (QED) is 0.682. The molecule has 8 heteroatoms. The van der Waals surface area contributed by atoms with Crippen LogP contribution in [0.4, 0.5) is 0 Å².